The predicted molar refractivity (Wildman–Crippen MR) is 110 cm³/mol. The third kappa shape index (κ3) is 3.75. The molecule has 0 aliphatic heterocycles. The topological polar surface area (TPSA) is 113 Å². The number of aromatic nitrogens is 6. The van der Waals surface area contributed by atoms with Crippen molar-refractivity contribution < 1.29 is 23.1 Å². The van der Waals surface area contributed by atoms with Gasteiger partial charge in [0.05, 0.1) is 23.9 Å². The Balaban J connectivity index is 1.85. The molecule has 3 aromatic heterocycles. The van der Waals surface area contributed by atoms with Gasteiger partial charge < -0.3 is 5.32 Å². The Hall–Kier alpha value is -3.93. The summed E-state index contributed by atoms with van der Waals surface area (Å²) in [5.74, 6) is -1.79. The smallest absolute Gasteiger partial charge is 0.307 e. The Kier molecular flexibility index (Phi) is 5.53. The normalized spacial score (nSPS) is 11.3. The quantitative estimate of drug-likeness (QED) is 0.312. The molecule has 0 fully saturated rings. The highest BCUT2D eigenvalue weighted by Crippen LogP contribution is 2.36. The van der Waals surface area contributed by atoms with Crippen LogP contribution in [0.3, 0.4) is 0 Å². The summed E-state index contributed by atoms with van der Waals surface area (Å²) in [6.45, 7) is 4.01. The van der Waals surface area contributed by atoms with E-state index in [1.807, 2.05) is 26.4 Å². The first-order valence-electron chi connectivity index (χ1n) is 9.66. The van der Waals surface area contributed by atoms with Crippen molar-refractivity contribution in [3.05, 3.63) is 53.7 Å². The number of hydroxylamine groups is 1. The number of halogens is 2. The Labute approximate surface area is 181 Å². The number of hydrogen-bond donors (Lipinski definition) is 3. The molecule has 10 nitrogen and oxygen atoms in total. The van der Waals surface area contributed by atoms with Crippen molar-refractivity contribution in [2.24, 2.45) is 7.05 Å². The van der Waals surface area contributed by atoms with Gasteiger partial charge in [-0.15, -0.1) is 0 Å². The van der Waals surface area contributed by atoms with Crippen LogP contribution >= 0.6 is 0 Å². The van der Waals surface area contributed by atoms with E-state index >= 15 is 0 Å². The van der Waals surface area contributed by atoms with Crippen LogP contribution in [0, 0.1) is 11.6 Å². The lowest BCUT2D eigenvalue weighted by Gasteiger charge is -2.13. The van der Waals surface area contributed by atoms with Crippen LogP contribution in [0.5, 0.6) is 0 Å². The first kappa shape index (κ1) is 21.3. The summed E-state index contributed by atoms with van der Waals surface area (Å²) in [6, 6.07) is 1.68. The molecule has 0 aliphatic rings. The molecule has 1 amide bonds. The van der Waals surface area contributed by atoms with Crippen molar-refractivity contribution in [3.8, 4) is 11.4 Å². The van der Waals surface area contributed by atoms with Crippen LogP contribution in [0.25, 0.3) is 16.9 Å². The van der Waals surface area contributed by atoms with E-state index in [2.05, 4.69) is 30.3 Å². The number of carbonyl (C=O) groups is 1. The molecule has 0 saturated heterocycles. The summed E-state index contributed by atoms with van der Waals surface area (Å²) >= 11 is 0. The first-order valence-corrected chi connectivity index (χ1v) is 9.66. The second-order valence-corrected chi connectivity index (χ2v) is 7.40. The molecule has 4 rings (SSSR count). The monoisotopic (exact) mass is 443 g/mol. The van der Waals surface area contributed by atoms with Crippen molar-refractivity contribution in [1.29, 1.82) is 0 Å². The van der Waals surface area contributed by atoms with Gasteiger partial charge in [0.1, 0.15) is 30.5 Å². The number of rotatable bonds is 6. The fourth-order valence-corrected chi connectivity index (χ4v) is 3.49. The molecule has 12 heteroatoms. The summed E-state index contributed by atoms with van der Waals surface area (Å²) in [7, 11) is 3.04. The number of benzene rings is 1. The van der Waals surface area contributed by atoms with Gasteiger partial charge in [0.15, 0.2) is 5.82 Å². The lowest BCUT2D eigenvalue weighted by molar-refractivity contribution is -0.727. The maximum Gasteiger partial charge on any atom is 0.307 e. The van der Waals surface area contributed by atoms with Crippen molar-refractivity contribution in [2.45, 2.75) is 19.8 Å². The minimum absolute atomic E-state index is 0.0399. The second kappa shape index (κ2) is 8.30. The number of H-pyrrole nitrogens is 1. The molecular formula is C20H21F2N8O2+. The standard InChI is InChI=1S/C20H20F2N8O2/c1-10(2)16-12(18-24-9-29(3)27-18)7-30-17(16)19(23-8-25-30)26-15-5-11(20(31)28-32-4)13(21)6-14(15)22/h5-10H,1-4H3,(H2,23,25,26,28,31)/p+1. The number of nitrogens with zero attached hydrogens (tertiary/aromatic N) is 5. The van der Waals surface area contributed by atoms with Crippen molar-refractivity contribution in [1.82, 2.24) is 30.2 Å². The van der Waals surface area contributed by atoms with Crippen LogP contribution < -0.4 is 15.5 Å². The molecule has 32 heavy (non-hydrogen) atoms. The highest BCUT2D eigenvalue weighted by atomic mass is 19.1. The lowest BCUT2D eigenvalue weighted by atomic mass is 9.99. The average molecular weight is 443 g/mol. The number of nitrogens with one attached hydrogen (secondary N) is 3. The van der Waals surface area contributed by atoms with Gasteiger partial charge in [-0.05, 0) is 22.5 Å². The van der Waals surface area contributed by atoms with Gasteiger partial charge in [-0.1, -0.05) is 13.8 Å². The zero-order valence-corrected chi connectivity index (χ0v) is 17.8. The summed E-state index contributed by atoms with van der Waals surface area (Å²) in [5, 5.41) is 10.3. The molecule has 0 bridgehead atoms. The van der Waals surface area contributed by atoms with Crippen LogP contribution in [0.2, 0.25) is 0 Å². The Morgan fingerprint density at radius 3 is 2.69 bits per heavy atom. The fraction of sp³-hybridized carbons (Fsp3) is 0.250. The third-order valence-corrected chi connectivity index (χ3v) is 4.84. The first-order chi connectivity index (χ1) is 15.3. The molecule has 1 aromatic carbocycles. The van der Waals surface area contributed by atoms with Gasteiger partial charge in [0.2, 0.25) is 0 Å². The predicted octanol–water partition coefficient (Wildman–Crippen LogP) is 2.38. The molecule has 0 saturated carbocycles. The number of amides is 1. The van der Waals surface area contributed by atoms with Gasteiger partial charge in [0.25, 0.3) is 11.7 Å². The van der Waals surface area contributed by atoms with Gasteiger partial charge in [0, 0.05) is 12.3 Å². The van der Waals surface area contributed by atoms with Crippen molar-refractivity contribution in [2.75, 3.05) is 12.4 Å². The van der Waals surface area contributed by atoms with Crippen molar-refractivity contribution in [3.63, 3.8) is 0 Å². The molecule has 3 heterocycles. The Morgan fingerprint density at radius 2 is 2.03 bits per heavy atom. The maximum absolute atomic E-state index is 14.6. The number of carbonyl (C=O) groups excluding carboxylic acids is 1. The van der Waals surface area contributed by atoms with Crippen molar-refractivity contribution >= 4 is 22.9 Å². The molecule has 4 aromatic rings. The van der Waals surface area contributed by atoms with Crippen LogP contribution in [-0.4, -0.2) is 37.7 Å². The number of aryl methyl sites for hydroxylation is 1. The van der Waals surface area contributed by atoms with E-state index in [1.165, 1.54) is 13.4 Å². The van der Waals surface area contributed by atoms with E-state index in [0.29, 0.717) is 17.4 Å². The maximum atomic E-state index is 14.6. The minimum atomic E-state index is -1.02. The molecule has 0 unspecified atom stereocenters. The molecule has 0 spiro atoms. The highest BCUT2D eigenvalue weighted by molar-refractivity contribution is 5.95. The van der Waals surface area contributed by atoms with Crippen LogP contribution in [-0.2, 0) is 11.9 Å². The molecule has 0 aliphatic carbocycles. The van der Waals surface area contributed by atoms with Crippen LogP contribution in [0.15, 0.2) is 31.0 Å². The minimum Gasteiger partial charge on any atom is -0.336 e. The van der Waals surface area contributed by atoms with E-state index in [1.54, 1.807) is 21.7 Å². The van der Waals surface area contributed by atoms with Gasteiger partial charge >= 0.3 is 6.33 Å². The average Bonchev–Trinajstić information content (AvgIpc) is 3.34. The number of aromatic amines is 1. The third-order valence-electron chi connectivity index (χ3n) is 4.84. The van der Waals surface area contributed by atoms with Crippen LogP contribution in [0.1, 0.15) is 35.7 Å². The summed E-state index contributed by atoms with van der Waals surface area (Å²) < 4.78 is 32.0. The lowest BCUT2D eigenvalue weighted by Crippen LogP contribution is -2.28. The summed E-state index contributed by atoms with van der Waals surface area (Å²) in [5.41, 5.74) is 3.79. The van der Waals surface area contributed by atoms with E-state index in [4.69, 9.17) is 0 Å². The van der Waals surface area contributed by atoms with Gasteiger partial charge in [-0.25, -0.2) is 23.8 Å². The van der Waals surface area contributed by atoms with Crippen LogP contribution in [0.4, 0.5) is 20.3 Å². The highest BCUT2D eigenvalue weighted by Gasteiger charge is 2.25. The van der Waals surface area contributed by atoms with Gasteiger partial charge in [-0.3, -0.25) is 9.63 Å². The second-order valence-electron chi connectivity index (χ2n) is 7.40. The fourth-order valence-electron chi connectivity index (χ4n) is 3.49. The zero-order chi connectivity index (χ0) is 23.0. The molecule has 0 atom stereocenters. The molecule has 3 N–H and O–H groups in total. The van der Waals surface area contributed by atoms with E-state index in [0.717, 1.165) is 17.2 Å². The van der Waals surface area contributed by atoms with E-state index < -0.39 is 17.5 Å². The molecule has 166 valence electrons. The largest absolute Gasteiger partial charge is 0.336 e. The molecular weight excluding hydrogens is 422 g/mol. The zero-order valence-electron chi connectivity index (χ0n) is 17.8. The Morgan fingerprint density at radius 1 is 1.25 bits per heavy atom. The molecule has 0 radical (unpaired) electrons. The Bertz CT molecular complexity index is 1310. The van der Waals surface area contributed by atoms with E-state index in [-0.39, 0.29) is 23.0 Å². The number of hydrogen-bond acceptors (Lipinski definition) is 6. The SMILES string of the molecule is CONC(=O)c1cc(Nc2ncnn3cc(-c4nc[n+](C)[nH]4)c(C(C)C)c23)c(F)cc1F. The van der Waals surface area contributed by atoms with Gasteiger partial charge in [-0.2, -0.15) is 14.9 Å². The number of fused-ring (bicyclic) bond motifs is 1. The van der Waals surface area contributed by atoms with E-state index in [9.17, 15) is 13.6 Å². The summed E-state index contributed by atoms with van der Waals surface area (Å²) in [6.07, 6.45) is 4.76. The number of anilines is 2. The summed E-state index contributed by atoms with van der Waals surface area (Å²) in [4.78, 5) is 25.2.